The lowest BCUT2D eigenvalue weighted by molar-refractivity contribution is 0.241. The number of aromatic amines is 2. The van der Waals surface area contributed by atoms with E-state index in [0.29, 0.717) is 11.3 Å². The maximum absolute atomic E-state index is 12.0. The number of aromatic nitrogens is 2. The standard InChI is InChI=1S/C16H20N4OS/c1-19(2)12-5-3-11(4-6-12)9-20-8-7-14-13(10-20)15(21)18-16(22)17-14/h3-6H,7-10H2,1-2H3,(H2,17,18,21,22). The molecule has 1 aliphatic rings. The van der Waals surface area contributed by atoms with E-state index >= 15 is 0 Å². The lowest BCUT2D eigenvalue weighted by Crippen LogP contribution is -2.35. The lowest BCUT2D eigenvalue weighted by atomic mass is 10.1. The number of hydrogen-bond acceptors (Lipinski definition) is 4. The largest absolute Gasteiger partial charge is 0.378 e. The van der Waals surface area contributed by atoms with Crippen molar-refractivity contribution < 1.29 is 0 Å². The molecule has 0 bridgehead atoms. The molecule has 0 atom stereocenters. The van der Waals surface area contributed by atoms with E-state index in [2.05, 4.69) is 44.0 Å². The van der Waals surface area contributed by atoms with Crippen molar-refractivity contribution in [3.8, 4) is 0 Å². The fourth-order valence-corrected chi connectivity index (χ4v) is 3.02. The molecule has 0 radical (unpaired) electrons. The summed E-state index contributed by atoms with van der Waals surface area (Å²) in [4.78, 5) is 22.2. The molecule has 1 aliphatic heterocycles. The van der Waals surface area contributed by atoms with E-state index < -0.39 is 0 Å². The van der Waals surface area contributed by atoms with Gasteiger partial charge in [-0.25, -0.2) is 0 Å². The highest BCUT2D eigenvalue weighted by atomic mass is 32.1. The van der Waals surface area contributed by atoms with Gasteiger partial charge < -0.3 is 9.88 Å². The second-order valence-corrected chi connectivity index (χ2v) is 6.30. The highest BCUT2D eigenvalue weighted by Crippen LogP contribution is 2.18. The Kier molecular flexibility index (Phi) is 4.13. The molecule has 2 heterocycles. The Hall–Kier alpha value is -1.92. The molecule has 0 unspecified atom stereocenters. The van der Waals surface area contributed by atoms with Crippen LogP contribution in [0.3, 0.4) is 0 Å². The number of anilines is 1. The zero-order valence-corrected chi connectivity index (χ0v) is 13.7. The van der Waals surface area contributed by atoms with Crippen LogP contribution in [0.25, 0.3) is 0 Å². The van der Waals surface area contributed by atoms with E-state index in [-0.39, 0.29) is 5.56 Å². The van der Waals surface area contributed by atoms with Crippen molar-refractivity contribution in [2.45, 2.75) is 19.5 Å². The highest BCUT2D eigenvalue weighted by molar-refractivity contribution is 7.71. The Morgan fingerprint density at radius 2 is 1.95 bits per heavy atom. The molecule has 0 fully saturated rings. The van der Waals surface area contributed by atoms with Crippen molar-refractivity contribution in [2.75, 3.05) is 25.5 Å². The predicted octanol–water partition coefficient (Wildman–Crippen LogP) is 2.06. The number of H-pyrrole nitrogens is 2. The van der Waals surface area contributed by atoms with Crippen LogP contribution < -0.4 is 10.5 Å². The molecule has 5 nitrogen and oxygen atoms in total. The monoisotopic (exact) mass is 316 g/mol. The molecule has 0 saturated heterocycles. The molecule has 0 amide bonds. The number of nitrogens with one attached hydrogen (secondary N) is 2. The van der Waals surface area contributed by atoms with Crippen molar-refractivity contribution in [1.82, 2.24) is 14.9 Å². The molecule has 1 aromatic heterocycles. The molecule has 6 heteroatoms. The van der Waals surface area contributed by atoms with Crippen LogP contribution in [0.2, 0.25) is 0 Å². The fraction of sp³-hybridized carbons (Fsp3) is 0.375. The van der Waals surface area contributed by atoms with Gasteiger partial charge in [0.05, 0.1) is 5.56 Å². The lowest BCUT2D eigenvalue weighted by Gasteiger charge is -2.28. The zero-order chi connectivity index (χ0) is 15.7. The number of rotatable bonds is 3. The first kappa shape index (κ1) is 15.0. The van der Waals surface area contributed by atoms with Gasteiger partial charge in [-0.2, -0.15) is 0 Å². The molecule has 2 N–H and O–H groups in total. The van der Waals surface area contributed by atoms with E-state index in [1.54, 1.807) is 0 Å². The number of benzene rings is 1. The SMILES string of the molecule is CN(C)c1ccc(CN2CCc3[nH]c(=S)[nH]c(=O)c3C2)cc1. The fourth-order valence-electron chi connectivity index (χ4n) is 2.81. The van der Waals surface area contributed by atoms with Gasteiger partial charge in [0.25, 0.3) is 5.56 Å². The topological polar surface area (TPSA) is 55.1 Å². The van der Waals surface area contributed by atoms with Gasteiger partial charge >= 0.3 is 0 Å². The molecule has 22 heavy (non-hydrogen) atoms. The van der Waals surface area contributed by atoms with Crippen LogP contribution >= 0.6 is 12.2 Å². The van der Waals surface area contributed by atoms with Crippen LogP contribution in [0.1, 0.15) is 16.8 Å². The van der Waals surface area contributed by atoms with Crippen molar-refractivity contribution in [1.29, 1.82) is 0 Å². The molecule has 1 aromatic carbocycles. The first-order chi connectivity index (χ1) is 10.5. The van der Waals surface area contributed by atoms with Crippen LogP contribution in [0.4, 0.5) is 5.69 Å². The summed E-state index contributed by atoms with van der Waals surface area (Å²) in [5, 5.41) is 0. The Morgan fingerprint density at radius 3 is 2.64 bits per heavy atom. The van der Waals surface area contributed by atoms with Crippen LogP contribution in [-0.2, 0) is 19.5 Å². The van der Waals surface area contributed by atoms with E-state index in [9.17, 15) is 4.79 Å². The Bertz CT molecular complexity index is 776. The van der Waals surface area contributed by atoms with E-state index in [4.69, 9.17) is 12.2 Å². The first-order valence-corrected chi connectivity index (χ1v) is 7.77. The Morgan fingerprint density at radius 1 is 1.23 bits per heavy atom. The number of hydrogen-bond donors (Lipinski definition) is 2. The molecule has 2 aromatic rings. The number of nitrogens with zero attached hydrogens (tertiary/aromatic N) is 2. The summed E-state index contributed by atoms with van der Waals surface area (Å²) in [6.45, 7) is 2.44. The van der Waals surface area contributed by atoms with Gasteiger partial charge in [0, 0.05) is 51.5 Å². The highest BCUT2D eigenvalue weighted by Gasteiger charge is 2.19. The van der Waals surface area contributed by atoms with E-state index in [1.165, 1.54) is 11.3 Å². The minimum Gasteiger partial charge on any atom is -0.378 e. The van der Waals surface area contributed by atoms with Gasteiger partial charge in [-0.3, -0.25) is 14.7 Å². The van der Waals surface area contributed by atoms with Gasteiger partial charge in [0.15, 0.2) is 4.77 Å². The number of fused-ring (bicyclic) bond motifs is 1. The van der Waals surface area contributed by atoms with E-state index in [1.807, 2.05) is 14.1 Å². The third kappa shape index (κ3) is 3.13. The van der Waals surface area contributed by atoms with Crippen LogP contribution in [-0.4, -0.2) is 35.5 Å². The van der Waals surface area contributed by atoms with Gasteiger partial charge in [0.1, 0.15) is 0 Å². The normalized spacial score (nSPS) is 14.6. The molecule has 0 aliphatic carbocycles. The molecular weight excluding hydrogens is 296 g/mol. The Balaban J connectivity index is 1.75. The third-order valence-corrected chi connectivity index (χ3v) is 4.25. The van der Waals surface area contributed by atoms with Gasteiger partial charge in [-0.05, 0) is 29.9 Å². The average molecular weight is 316 g/mol. The van der Waals surface area contributed by atoms with Gasteiger partial charge in [0.2, 0.25) is 0 Å². The van der Waals surface area contributed by atoms with Crippen LogP contribution in [0.5, 0.6) is 0 Å². The molecule has 0 spiro atoms. The van der Waals surface area contributed by atoms with Crippen molar-refractivity contribution in [3.05, 3.63) is 56.2 Å². The predicted molar refractivity (Wildman–Crippen MR) is 90.8 cm³/mol. The summed E-state index contributed by atoms with van der Waals surface area (Å²) in [7, 11) is 4.07. The summed E-state index contributed by atoms with van der Waals surface area (Å²) in [6.07, 6.45) is 0.832. The summed E-state index contributed by atoms with van der Waals surface area (Å²) in [5.41, 5.74) is 4.18. The molecule has 3 rings (SSSR count). The quantitative estimate of drug-likeness (QED) is 0.851. The second kappa shape index (κ2) is 6.06. The smallest absolute Gasteiger partial charge is 0.256 e. The molecule has 0 saturated carbocycles. The first-order valence-electron chi connectivity index (χ1n) is 7.36. The minimum atomic E-state index is -0.0635. The minimum absolute atomic E-state index is 0.0635. The summed E-state index contributed by atoms with van der Waals surface area (Å²) < 4.78 is 0.413. The second-order valence-electron chi connectivity index (χ2n) is 5.89. The Labute approximate surface area is 134 Å². The van der Waals surface area contributed by atoms with E-state index in [0.717, 1.165) is 30.8 Å². The van der Waals surface area contributed by atoms with Crippen molar-refractivity contribution in [3.63, 3.8) is 0 Å². The maximum atomic E-state index is 12.0. The zero-order valence-electron chi connectivity index (χ0n) is 12.8. The van der Waals surface area contributed by atoms with Gasteiger partial charge in [-0.1, -0.05) is 12.1 Å². The average Bonchev–Trinajstić information content (AvgIpc) is 2.48. The van der Waals surface area contributed by atoms with Crippen LogP contribution in [0.15, 0.2) is 29.1 Å². The summed E-state index contributed by atoms with van der Waals surface area (Å²) in [6, 6.07) is 8.54. The van der Waals surface area contributed by atoms with Gasteiger partial charge in [-0.15, -0.1) is 0 Å². The third-order valence-electron chi connectivity index (χ3n) is 4.05. The van der Waals surface area contributed by atoms with Crippen molar-refractivity contribution >= 4 is 17.9 Å². The van der Waals surface area contributed by atoms with Crippen LogP contribution in [0, 0.1) is 4.77 Å². The molecule has 116 valence electrons. The maximum Gasteiger partial charge on any atom is 0.256 e. The van der Waals surface area contributed by atoms with Crippen molar-refractivity contribution in [2.24, 2.45) is 0 Å². The molecular formula is C16H20N4OS. The summed E-state index contributed by atoms with van der Waals surface area (Å²) in [5.74, 6) is 0. The summed E-state index contributed by atoms with van der Waals surface area (Å²) >= 11 is 5.02.